The fourth-order valence-electron chi connectivity index (χ4n) is 3.60. The van der Waals surface area contributed by atoms with E-state index in [9.17, 15) is 8.42 Å². The average Bonchev–Trinajstić information content (AvgIpc) is 3.17. The van der Waals surface area contributed by atoms with Gasteiger partial charge < -0.3 is 4.57 Å². The zero-order valence-corrected chi connectivity index (χ0v) is 15.8. The summed E-state index contributed by atoms with van der Waals surface area (Å²) in [5.41, 5.74) is 1.17. The van der Waals surface area contributed by atoms with Gasteiger partial charge in [0.05, 0.1) is 4.90 Å². The van der Waals surface area contributed by atoms with Crippen LogP contribution in [-0.2, 0) is 16.6 Å². The first kappa shape index (κ1) is 17.9. The minimum absolute atomic E-state index is 0.268. The van der Waals surface area contributed by atoms with E-state index in [0.29, 0.717) is 18.0 Å². The van der Waals surface area contributed by atoms with Crippen LogP contribution in [0.2, 0.25) is 0 Å². The molecule has 0 N–H and O–H groups in total. The summed E-state index contributed by atoms with van der Waals surface area (Å²) in [7, 11) is -3.41. The summed E-state index contributed by atoms with van der Waals surface area (Å²) in [6, 6.07) is 12.7. The van der Waals surface area contributed by atoms with Gasteiger partial charge in [0.15, 0.2) is 0 Å². The van der Waals surface area contributed by atoms with Gasteiger partial charge in [0, 0.05) is 50.3 Å². The van der Waals surface area contributed by atoms with Gasteiger partial charge >= 0.3 is 0 Å². The zero-order valence-electron chi connectivity index (χ0n) is 15.0. The van der Waals surface area contributed by atoms with Crippen LogP contribution in [-0.4, -0.2) is 40.3 Å². The number of aromatic nitrogens is 3. The quantitative estimate of drug-likeness (QED) is 0.680. The lowest BCUT2D eigenvalue weighted by molar-refractivity contribution is 0.310. The topological polar surface area (TPSA) is 68.1 Å². The maximum Gasteiger partial charge on any atom is 0.243 e. The highest BCUT2D eigenvalue weighted by molar-refractivity contribution is 7.89. The van der Waals surface area contributed by atoms with Gasteiger partial charge in [0.2, 0.25) is 10.0 Å². The van der Waals surface area contributed by atoms with Gasteiger partial charge in [-0.05, 0) is 42.7 Å². The number of sulfonamides is 1. The average molecular weight is 382 g/mol. The van der Waals surface area contributed by atoms with E-state index in [1.165, 1.54) is 5.56 Å². The number of piperidine rings is 1. The summed E-state index contributed by atoms with van der Waals surface area (Å²) in [5, 5.41) is 0. The number of hydrogen-bond acceptors (Lipinski definition) is 4. The molecule has 3 heterocycles. The Labute approximate surface area is 159 Å². The van der Waals surface area contributed by atoms with Crippen molar-refractivity contribution in [3.63, 3.8) is 0 Å². The highest BCUT2D eigenvalue weighted by Gasteiger charge is 2.31. The second-order valence-corrected chi connectivity index (χ2v) is 8.70. The molecule has 0 atom stereocenters. The molecule has 0 bridgehead atoms. The number of benzene rings is 1. The Bertz CT molecular complexity index is 979. The minimum Gasteiger partial charge on any atom is -0.330 e. The second kappa shape index (κ2) is 7.62. The van der Waals surface area contributed by atoms with Gasteiger partial charge in [-0.15, -0.1) is 0 Å². The molecule has 4 rings (SSSR count). The van der Waals surface area contributed by atoms with E-state index in [4.69, 9.17) is 0 Å². The van der Waals surface area contributed by atoms with Crippen molar-refractivity contribution in [2.75, 3.05) is 13.1 Å². The summed E-state index contributed by atoms with van der Waals surface area (Å²) < 4.78 is 29.3. The lowest BCUT2D eigenvalue weighted by atomic mass is 9.97. The molecular weight excluding hydrogens is 360 g/mol. The molecule has 140 valence electrons. The Balaban J connectivity index is 1.45. The van der Waals surface area contributed by atoms with Crippen LogP contribution < -0.4 is 0 Å². The molecular formula is C20H22N4O2S. The van der Waals surface area contributed by atoms with Gasteiger partial charge in [-0.3, -0.25) is 4.98 Å². The van der Waals surface area contributed by atoms with Crippen LogP contribution in [0.15, 0.2) is 72.1 Å². The molecule has 1 saturated heterocycles. The van der Waals surface area contributed by atoms with Crippen molar-refractivity contribution in [3.8, 4) is 0 Å². The summed E-state index contributed by atoms with van der Waals surface area (Å²) in [6.45, 7) is 1.79. The van der Waals surface area contributed by atoms with Crippen LogP contribution in [0.3, 0.4) is 0 Å². The minimum atomic E-state index is -3.41. The first-order valence-corrected chi connectivity index (χ1v) is 10.5. The third-order valence-corrected chi connectivity index (χ3v) is 6.96. The highest BCUT2D eigenvalue weighted by Crippen LogP contribution is 2.30. The largest absolute Gasteiger partial charge is 0.330 e. The third kappa shape index (κ3) is 3.79. The van der Waals surface area contributed by atoms with Crippen molar-refractivity contribution in [1.82, 2.24) is 18.8 Å². The Kier molecular flexibility index (Phi) is 5.05. The van der Waals surface area contributed by atoms with Crippen molar-refractivity contribution >= 4 is 10.0 Å². The Morgan fingerprint density at radius 3 is 2.37 bits per heavy atom. The monoisotopic (exact) mass is 382 g/mol. The molecule has 1 aromatic carbocycles. The Morgan fingerprint density at radius 2 is 1.67 bits per heavy atom. The molecule has 27 heavy (non-hydrogen) atoms. The maximum absolute atomic E-state index is 12.8. The van der Waals surface area contributed by atoms with E-state index in [1.807, 2.05) is 30.6 Å². The molecule has 0 spiro atoms. The molecule has 6 nitrogen and oxygen atoms in total. The molecule has 3 aromatic rings. The maximum atomic E-state index is 12.8. The molecule has 7 heteroatoms. The van der Waals surface area contributed by atoms with E-state index in [-0.39, 0.29) is 5.92 Å². The number of nitrogens with zero attached hydrogens (tertiary/aromatic N) is 4. The normalized spacial score (nSPS) is 16.4. The van der Waals surface area contributed by atoms with Crippen molar-refractivity contribution in [2.45, 2.75) is 30.2 Å². The lowest BCUT2D eigenvalue weighted by Gasteiger charge is -2.31. The molecule has 2 aromatic heterocycles. The first-order chi connectivity index (χ1) is 13.1. The van der Waals surface area contributed by atoms with Crippen LogP contribution in [0.1, 0.15) is 30.1 Å². The van der Waals surface area contributed by atoms with Gasteiger partial charge in [0.1, 0.15) is 5.82 Å². The molecule has 0 radical (unpaired) electrons. The summed E-state index contributed by atoms with van der Waals surface area (Å²) in [5.74, 6) is 1.30. The van der Waals surface area contributed by atoms with Gasteiger partial charge in [-0.1, -0.05) is 18.2 Å². The van der Waals surface area contributed by atoms with Crippen LogP contribution in [0, 0.1) is 0 Å². The SMILES string of the molecule is O=S(=O)(c1ccccc1)N1CCC(c2nccn2Cc2ccncc2)CC1. The molecule has 1 aliphatic rings. The molecule has 1 aliphatic heterocycles. The molecule has 0 aliphatic carbocycles. The molecule has 0 saturated carbocycles. The smallest absolute Gasteiger partial charge is 0.243 e. The standard InChI is InChI=1S/C20H22N4O2S/c25-27(26,19-4-2-1-3-5-19)24-13-8-18(9-14-24)20-22-12-15-23(20)16-17-6-10-21-11-7-17/h1-7,10-12,15,18H,8-9,13-14,16H2. The van der Waals surface area contributed by atoms with Crippen molar-refractivity contribution in [2.24, 2.45) is 0 Å². The van der Waals surface area contributed by atoms with E-state index < -0.39 is 10.0 Å². The molecule has 0 unspecified atom stereocenters. The van der Waals surface area contributed by atoms with Crippen LogP contribution >= 0.6 is 0 Å². The number of hydrogen-bond donors (Lipinski definition) is 0. The summed E-state index contributed by atoms with van der Waals surface area (Å²) in [6.07, 6.45) is 8.95. The predicted octanol–water partition coefficient (Wildman–Crippen LogP) is 2.89. The van der Waals surface area contributed by atoms with Crippen LogP contribution in [0.5, 0.6) is 0 Å². The fraction of sp³-hybridized carbons (Fsp3) is 0.300. The van der Waals surface area contributed by atoms with Crippen molar-refractivity contribution < 1.29 is 8.42 Å². The number of imidazole rings is 1. The highest BCUT2D eigenvalue weighted by atomic mass is 32.2. The predicted molar refractivity (Wildman–Crippen MR) is 103 cm³/mol. The van der Waals surface area contributed by atoms with Gasteiger partial charge in [-0.25, -0.2) is 13.4 Å². The Hall–Kier alpha value is -2.51. The second-order valence-electron chi connectivity index (χ2n) is 6.76. The van der Waals surface area contributed by atoms with Crippen LogP contribution in [0.25, 0.3) is 0 Å². The first-order valence-electron chi connectivity index (χ1n) is 9.10. The molecule has 1 fully saturated rings. The Morgan fingerprint density at radius 1 is 0.963 bits per heavy atom. The van der Waals surface area contributed by atoms with Crippen LogP contribution in [0.4, 0.5) is 0 Å². The summed E-state index contributed by atoms with van der Waals surface area (Å²) in [4.78, 5) is 8.98. The van der Waals surface area contributed by atoms with Crippen molar-refractivity contribution in [3.05, 3.63) is 78.6 Å². The van der Waals surface area contributed by atoms with E-state index in [1.54, 1.807) is 41.0 Å². The van der Waals surface area contributed by atoms with E-state index in [2.05, 4.69) is 14.5 Å². The fourth-order valence-corrected chi connectivity index (χ4v) is 5.09. The lowest BCUT2D eigenvalue weighted by Crippen LogP contribution is -2.38. The number of pyridine rings is 1. The zero-order chi connectivity index (χ0) is 18.7. The molecule has 0 amide bonds. The van der Waals surface area contributed by atoms with Gasteiger partial charge in [0.25, 0.3) is 0 Å². The van der Waals surface area contributed by atoms with E-state index in [0.717, 1.165) is 25.2 Å². The van der Waals surface area contributed by atoms with E-state index >= 15 is 0 Å². The van der Waals surface area contributed by atoms with Gasteiger partial charge in [-0.2, -0.15) is 4.31 Å². The third-order valence-electron chi connectivity index (χ3n) is 5.05. The van der Waals surface area contributed by atoms with Crippen molar-refractivity contribution in [1.29, 1.82) is 0 Å². The summed E-state index contributed by atoms with van der Waals surface area (Å²) >= 11 is 0. The number of rotatable bonds is 5.